The lowest BCUT2D eigenvalue weighted by Crippen LogP contribution is -2.05. The largest absolute Gasteiger partial charge is 0.297 e. The van der Waals surface area contributed by atoms with Gasteiger partial charge < -0.3 is 0 Å². The third-order valence-corrected chi connectivity index (χ3v) is 2.89. The summed E-state index contributed by atoms with van der Waals surface area (Å²) < 4.78 is 34.7. The predicted molar refractivity (Wildman–Crippen MR) is 64.4 cm³/mol. The number of pyridine rings is 1. The van der Waals surface area contributed by atoms with Crippen molar-refractivity contribution in [2.75, 3.05) is 5.75 Å². The molecule has 0 fully saturated rings. The third kappa shape index (κ3) is 11.3. The summed E-state index contributed by atoms with van der Waals surface area (Å²) in [7, 11) is -3.87. The van der Waals surface area contributed by atoms with E-state index in [0.29, 0.717) is 6.42 Å². The van der Waals surface area contributed by atoms with Crippen LogP contribution in [0.5, 0.6) is 0 Å². The molecule has 0 aromatic carbocycles. The Bertz CT molecular complexity index is 330. The van der Waals surface area contributed by atoms with E-state index in [4.69, 9.17) is 0 Å². The fraction of sp³-hybridized carbons (Fsp3) is 0.545. The van der Waals surface area contributed by atoms with E-state index >= 15 is 0 Å². The average Bonchev–Trinajstić information content (AvgIpc) is 2.38. The Kier molecular flexibility index (Phi) is 9.56. The normalized spacial score (nSPS) is 10.5. The molecular formula is C11H18FNO3S. The Morgan fingerprint density at radius 1 is 1.12 bits per heavy atom. The highest BCUT2D eigenvalue weighted by molar-refractivity contribution is 7.86. The second-order valence-corrected chi connectivity index (χ2v) is 5.06. The quantitative estimate of drug-likeness (QED) is 0.740. The van der Waals surface area contributed by atoms with Crippen LogP contribution in [0.25, 0.3) is 0 Å². The summed E-state index contributed by atoms with van der Waals surface area (Å²) in [5.41, 5.74) is 0. The number of aromatic nitrogens is 1. The molecule has 0 saturated carbocycles. The highest BCUT2D eigenvalue weighted by atomic mass is 32.2. The van der Waals surface area contributed by atoms with E-state index < -0.39 is 10.1 Å². The summed E-state index contributed by atoms with van der Waals surface area (Å²) in [4.78, 5) is 3.78. The molecule has 1 rings (SSSR count). The fourth-order valence-electron chi connectivity index (χ4n) is 1.05. The molecule has 1 aromatic rings. The van der Waals surface area contributed by atoms with Crippen LogP contribution in [0.4, 0.5) is 4.53 Å². The molecule has 0 aliphatic heterocycles. The summed E-state index contributed by atoms with van der Waals surface area (Å²) in [6, 6.07) is 5.72. The smallest absolute Gasteiger partial charge is 0.265 e. The molecule has 0 aliphatic carbocycles. The topological polar surface area (TPSA) is 56.3 Å². The molecule has 1 heterocycles. The molecule has 0 atom stereocenters. The maximum Gasteiger partial charge on any atom is 0.297 e. The van der Waals surface area contributed by atoms with Crippen LogP contribution in [0, 0.1) is 0 Å². The minimum absolute atomic E-state index is 0.219. The number of hydrogen-bond donors (Lipinski definition) is 0. The first-order chi connectivity index (χ1) is 8.12. The van der Waals surface area contributed by atoms with Crippen molar-refractivity contribution in [2.24, 2.45) is 0 Å². The Morgan fingerprint density at radius 3 is 2.12 bits per heavy atom. The van der Waals surface area contributed by atoms with Crippen molar-refractivity contribution in [3.63, 3.8) is 0 Å². The van der Waals surface area contributed by atoms with Gasteiger partial charge in [0.15, 0.2) is 0 Å². The first kappa shape index (κ1) is 16.0. The minimum atomic E-state index is -3.87. The van der Waals surface area contributed by atoms with Crippen LogP contribution in [0.15, 0.2) is 30.6 Å². The van der Waals surface area contributed by atoms with E-state index in [-0.39, 0.29) is 5.75 Å². The summed E-state index contributed by atoms with van der Waals surface area (Å²) in [6.45, 7) is 2.01. The molecule has 0 amide bonds. The lowest BCUT2D eigenvalue weighted by atomic mass is 10.2. The van der Waals surface area contributed by atoms with Gasteiger partial charge >= 0.3 is 0 Å². The Labute approximate surface area is 102 Å². The van der Waals surface area contributed by atoms with Crippen molar-refractivity contribution in [3.05, 3.63) is 30.6 Å². The summed E-state index contributed by atoms with van der Waals surface area (Å²) in [5.74, 6) is -0.219. The van der Waals surface area contributed by atoms with Crippen LogP contribution in [-0.4, -0.2) is 19.2 Å². The van der Waals surface area contributed by atoms with E-state index in [1.807, 2.05) is 25.1 Å². The van der Waals surface area contributed by atoms with Gasteiger partial charge in [-0.3, -0.25) is 4.98 Å². The molecule has 17 heavy (non-hydrogen) atoms. The van der Waals surface area contributed by atoms with Crippen molar-refractivity contribution in [2.45, 2.75) is 32.6 Å². The number of hydrogen-bond acceptors (Lipinski definition) is 4. The van der Waals surface area contributed by atoms with Gasteiger partial charge in [0.25, 0.3) is 10.1 Å². The predicted octanol–water partition coefficient (Wildman–Crippen LogP) is 2.88. The van der Waals surface area contributed by atoms with Gasteiger partial charge in [0.2, 0.25) is 0 Å². The minimum Gasteiger partial charge on any atom is -0.265 e. The van der Waals surface area contributed by atoms with E-state index in [2.05, 4.69) is 9.37 Å². The van der Waals surface area contributed by atoms with E-state index in [9.17, 15) is 12.9 Å². The van der Waals surface area contributed by atoms with Gasteiger partial charge in [-0.2, -0.15) is 8.42 Å². The van der Waals surface area contributed by atoms with Crippen LogP contribution in [0.2, 0.25) is 0 Å². The monoisotopic (exact) mass is 263 g/mol. The summed E-state index contributed by atoms with van der Waals surface area (Å²) in [6.07, 6.45) is 6.78. The molecule has 4 nitrogen and oxygen atoms in total. The number of nitrogens with zero attached hydrogens (tertiary/aromatic N) is 1. The zero-order valence-corrected chi connectivity index (χ0v) is 10.7. The molecule has 0 N–H and O–H groups in total. The lowest BCUT2D eigenvalue weighted by molar-refractivity contribution is 0.00288. The SMILES string of the molecule is CCCCCCS(=O)(=O)OF.c1ccncc1. The molecule has 0 saturated heterocycles. The van der Waals surface area contributed by atoms with Crippen LogP contribution in [0.1, 0.15) is 32.6 Å². The van der Waals surface area contributed by atoms with Gasteiger partial charge in [-0.1, -0.05) is 36.6 Å². The Balaban J connectivity index is 0.000000354. The second kappa shape index (κ2) is 10.2. The van der Waals surface area contributed by atoms with Crippen molar-refractivity contribution in [3.8, 4) is 0 Å². The highest BCUT2D eigenvalue weighted by Crippen LogP contribution is 2.03. The number of halogens is 1. The van der Waals surface area contributed by atoms with E-state index in [1.54, 1.807) is 12.4 Å². The van der Waals surface area contributed by atoms with Crippen LogP contribution < -0.4 is 0 Å². The maximum absolute atomic E-state index is 11.2. The molecule has 0 radical (unpaired) electrons. The Hall–Kier alpha value is -1.01. The van der Waals surface area contributed by atoms with Crippen LogP contribution in [0.3, 0.4) is 0 Å². The molecule has 0 aliphatic rings. The third-order valence-electron chi connectivity index (χ3n) is 1.91. The summed E-state index contributed by atoms with van der Waals surface area (Å²) >= 11 is 0. The number of rotatable bonds is 6. The lowest BCUT2D eigenvalue weighted by Gasteiger charge is -1.96. The molecule has 0 spiro atoms. The van der Waals surface area contributed by atoms with E-state index in [1.165, 1.54) is 0 Å². The molecular weight excluding hydrogens is 245 g/mol. The van der Waals surface area contributed by atoms with E-state index in [0.717, 1.165) is 19.3 Å². The molecule has 1 aromatic heterocycles. The summed E-state index contributed by atoms with van der Waals surface area (Å²) in [5, 5.41) is 0. The first-order valence-electron chi connectivity index (χ1n) is 5.50. The standard InChI is InChI=1S/C6H13FO3S.C5H5N/c1-2-3-4-5-6-11(8,9)10-7;1-2-4-6-5-3-1/h2-6H2,1H3;1-5H. The Morgan fingerprint density at radius 2 is 1.76 bits per heavy atom. The molecule has 6 heteroatoms. The first-order valence-corrected chi connectivity index (χ1v) is 7.08. The van der Waals surface area contributed by atoms with Crippen molar-refractivity contribution >= 4 is 10.1 Å². The zero-order chi connectivity index (χ0) is 13.0. The van der Waals surface area contributed by atoms with Gasteiger partial charge in [0.05, 0.1) is 5.75 Å². The van der Waals surface area contributed by atoms with Gasteiger partial charge in [-0.15, -0.1) is 0 Å². The zero-order valence-electron chi connectivity index (χ0n) is 9.88. The van der Waals surface area contributed by atoms with Gasteiger partial charge in [0, 0.05) is 12.4 Å². The van der Waals surface area contributed by atoms with Gasteiger partial charge in [-0.05, 0) is 23.1 Å². The number of unbranched alkanes of at least 4 members (excludes halogenated alkanes) is 3. The fourth-order valence-corrected chi connectivity index (χ4v) is 1.67. The molecule has 0 bridgehead atoms. The van der Waals surface area contributed by atoms with Gasteiger partial charge in [-0.25, -0.2) is 0 Å². The van der Waals surface area contributed by atoms with Crippen molar-refractivity contribution in [1.29, 1.82) is 0 Å². The highest BCUT2D eigenvalue weighted by Gasteiger charge is 2.09. The average molecular weight is 263 g/mol. The van der Waals surface area contributed by atoms with Crippen molar-refractivity contribution < 1.29 is 17.3 Å². The maximum atomic E-state index is 11.2. The second-order valence-electron chi connectivity index (χ2n) is 3.41. The van der Waals surface area contributed by atoms with Crippen LogP contribution >= 0.6 is 0 Å². The molecule has 0 unspecified atom stereocenters. The molecule has 98 valence electrons. The van der Waals surface area contributed by atoms with Crippen LogP contribution in [-0.2, 0) is 14.5 Å². The van der Waals surface area contributed by atoms with Crippen molar-refractivity contribution in [1.82, 2.24) is 4.98 Å². The van der Waals surface area contributed by atoms with Gasteiger partial charge in [0.1, 0.15) is 0 Å².